The van der Waals surface area contributed by atoms with Crippen molar-refractivity contribution in [2.45, 2.75) is 13.8 Å². The van der Waals surface area contributed by atoms with Crippen molar-refractivity contribution in [3.05, 3.63) is 28.8 Å². The number of rotatable bonds is 4. The molecule has 0 radical (unpaired) electrons. The molecule has 0 bridgehead atoms. The lowest BCUT2D eigenvalue weighted by atomic mass is 10.2. The first kappa shape index (κ1) is 12.3. The number of thiocarbonyl (C=S) groups is 1. The number of aryl methyl sites for hydroxylation is 1. The van der Waals surface area contributed by atoms with Crippen LogP contribution in [-0.4, -0.2) is 11.6 Å². The minimum absolute atomic E-state index is 0.0524. The summed E-state index contributed by atoms with van der Waals surface area (Å²) in [6.45, 7) is 4.37. The van der Waals surface area contributed by atoms with Crippen molar-refractivity contribution in [3.63, 3.8) is 0 Å². The van der Waals surface area contributed by atoms with E-state index < -0.39 is 0 Å². The van der Waals surface area contributed by atoms with Gasteiger partial charge in [-0.1, -0.05) is 36.8 Å². The van der Waals surface area contributed by atoms with Gasteiger partial charge < -0.3 is 10.5 Å². The van der Waals surface area contributed by atoms with Crippen LogP contribution in [-0.2, 0) is 0 Å². The summed E-state index contributed by atoms with van der Waals surface area (Å²) < 4.78 is 5.54. The highest BCUT2D eigenvalue weighted by Crippen LogP contribution is 2.25. The maximum atomic E-state index is 5.97. The zero-order valence-corrected chi connectivity index (χ0v) is 10.4. The maximum absolute atomic E-state index is 5.97. The highest BCUT2D eigenvalue weighted by molar-refractivity contribution is 7.80. The highest BCUT2D eigenvalue weighted by Gasteiger charge is 2.07. The van der Waals surface area contributed by atoms with Crippen molar-refractivity contribution in [1.29, 1.82) is 0 Å². The molecule has 1 aromatic rings. The zero-order chi connectivity index (χ0) is 11.4. The molecule has 0 aliphatic rings. The quantitative estimate of drug-likeness (QED) is 0.826. The van der Waals surface area contributed by atoms with E-state index in [-0.39, 0.29) is 5.92 Å². The average Bonchev–Trinajstić information content (AvgIpc) is 2.18. The number of hydrogen-bond acceptors (Lipinski definition) is 2. The van der Waals surface area contributed by atoms with E-state index in [0.29, 0.717) is 22.4 Å². The van der Waals surface area contributed by atoms with Gasteiger partial charge in [-0.05, 0) is 24.6 Å². The van der Waals surface area contributed by atoms with E-state index in [1.165, 1.54) is 0 Å². The molecule has 0 saturated carbocycles. The zero-order valence-electron chi connectivity index (χ0n) is 8.79. The Bertz CT molecular complexity index is 368. The van der Waals surface area contributed by atoms with Crippen molar-refractivity contribution >= 4 is 28.8 Å². The SMILES string of the molecule is Cc1ccc(Cl)c(OCC(C)C(N)=S)c1. The van der Waals surface area contributed by atoms with E-state index in [9.17, 15) is 0 Å². The van der Waals surface area contributed by atoms with Crippen molar-refractivity contribution < 1.29 is 4.74 Å². The van der Waals surface area contributed by atoms with Gasteiger partial charge in [0.05, 0.1) is 16.6 Å². The van der Waals surface area contributed by atoms with Crippen LogP contribution >= 0.6 is 23.8 Å². The monoisotopic (exact) mass is 243 g/mol. The molecule has 0 fully saturated rings. The van der Waals surface area contributed by atoms with Crippen LogP contribution in [0, 0.1) is 12.8 Å². The summed E-state index contributed by atoms with van der Waals surface area (Å²) in [5.74, 6) is 0.733. The van der Waals surface area contributed by atoms with Crippen LogP contribution in [0.3, 0.4) is 0 Å². The molecule has 2 N–H and O–H groups in total. The van der Waals surface area contributed by atoms with Crippen LogP contribution in [0.25, 0.3) is 0 Å². The summed E-state index contributed by atoms with van der Waals surface area (Å²) in [7, 11) is 0. The van der Waals surface area contributed by atoms with Gasteiger partial charge in [0.15, 0.2) is 0 Å². The molecule has 2 nitrogen and oxygen atoms in total. The van der Waals surface area contributed by atoms with Crippen molar-refractivity contribution in [2.75, 3.05) is 6.61 Å². The number of halogens is 1. The number of hydrogen-bond donors (Lipinski definition) is 1. The summed E-state index contributed by atoms with van der Waals surface area (Å²) in [6, 6.07) is 5.65. The molecule has 15 heavy (non-hydrogen) atoms. The van der Waals surface area contributed by atoms with Crippen LogP contribution in [0.2, 0.25) is 5.02 Å². The lowest BCUT2D eigenvalue weighted by molar-refractivity contribution is 0.293. The third-order valence-electron chi connectivity index (χ3n) is 2.06. The molecule has 0 amide bonds. The van der Waals surface area contributed by atoms with E-state index >= 15 is 0 Å². The first-order valence-electron chi connectivity index (χ1n) is 4.69. The third kappa shape index (κ3) is 3.68. The number of benzene rings is 1. The van der Waals surface area contributed by atoms with Gasteiger partial charge in [-0.2, -0.15) is 0 Å². The Morgan fingerprint density at radius 3 is 2.87 bits per heavy atom. The van der Waals surface area contributed by atoms with Gasteiger partial charge in [-0.25, -0.2) is 0 Å². The molecular weight excluding hydrogens is 230 g/mol. The first-order chi connectivity index (χ1) is 7.00. The lowest BCUT2D eigenvalue weighted by Crippen LogP contribution is -2.24. The van der Waals surface area contributed by atoms with Crippen LogP contribution < -0.4 is 10.5 Å². The van der Waals surface area contributed by atoms with Crippen molar-refractivity contribution in [2.24, 2.45) is 11.7 Å². The molecule has 0 aliphatic carbocycles. The topological polar surface area (TPSA) is 35.2 Å². The Balaban J connectivity index is 2.65. The van der Waals surface area contributed by atoms with Crippen LogP contribution in [0.1, 0.15) is 12.5 Å². The second-order valence-electron chi connectivity index (χ2n) is 3.55. The van der Waals surface area contributed by atoms with Gasteiger partial charge >= 0.3 is 0 Å². The van der Waals surface area contributed by atoms with Crippen LogP contribution in [0.4, 0.5) is 0 Å². The standard InChI is InChI=1S/C11H14ClNOS/c1-7-3-4-9(12)10(5-7)14-6-8(2)11(13)15/h3-5,8H,6H2,1-2H3,(H2,13,15). The van der Waals surface area contributed by atoms with E-state index in [0.717, 1.165) is 5.56 Å². The molecular formula is C11H14ClNOS. The summed E-state index contributed by atoms with van der Waals surface area (Å²) in [6.07, 6.45) is 0. The van der Waals surface area contributed by atoms with Gasteiger partial charge in [0.2, 0.25) is 0 Å². The van der Waals surface area contributed by atoms with Crippen LogP contribution in [0.5, 0.6) is 5.75 Å². The Hall–Kier alpha value is -0.800. The van der Waals surface area contributed by atoms with Gasteiger partial charge in [-0.3, -0.25) is 0 Å². The molecule has 1 unspecified atom stereocenters. The maximum Gasteiger partial charge on any atom is 0.138 e. The largest absolute Gasteiger partial charge is 0.491 e. The predicted octanol–water partition coefficient (Wildman–Crippen LogP) is 2.95. The Morgan fingerprint density at radius 2 is 2.27 bits per heavy atom. The normalized spacial score (nSPS) is 12.2. The second-order valence-corrected chi connectivity index (χ2v) is 4.43. The minimum atomic E-state index is 0.0524. The Kier molecular flexibility index (Phi) is 4.36. The molecule has 1 aromatic carbocycles. The van der Waals surface area contributed by atoms with Gasteiger partial charge in [-0.15, -0.1) is 0 Å². The summed E-state index contributed by atoms with van der Waals surface area (Å²) in [5.41, 5.74) is 6.60. The van der Waals surface area contributed by atoms with Gasteiger partial charge in [0, 0.05) is 5.92 Å². The molecule has 82 valence electrons. The number of ether oxygens (including phenoxy) is 1. The molecule has 1 rings (SSSR count). The minimum Gasteiger partial charge on any atom is -0.491 e. The Morgan fingerprint density at radius 1 is 1.60 bits per heavy atom. The van der Waals surface area contributed by atoms with E-state index in [1.54, 1.807) is 0 Å². The smallest absolute Gasteiger partial charge is 0.138 e. The molecule has 0 aromatic heterocycles. The van der Waals surface area contributed by atoms with Gasteiger partial charge in [0.1, 0.15) is 5.75 Å². The number of nitrogens with two attached hydrogens (primary N) is 1. The summed E-state index contributed by atoms with van der Waals surface area (Å²) >= 11 is 10.8. The van der Waals surface area contributed by atoms with E-state index in [2.05, 4.69) is 0 Å². The summed E-state index contributed by atoms with van der Waals surface area (Å²) in [5, 5.41) is 0.607. The van der Waals surface area contributed by atoms with Crippen molar-refractivity contribution in [1.82, 2.24) is 0 Å². The van der Waals surface area contributed by atoms with Gasteiger partial charge in [0.25, 0.3) is 0 Å². The Labute approximate surface area is 100 Å². The van der Waals surface area contributed by atoms with Crippen LogP contribution in [0.15, 0.2) is 18.2 Å². The molecule has 4 heteroatoms. The van der Waals surface area contributed by atoms with Crippen molar-refractivity contribution in [3.8, 4) is 5.75 Å². The third-order valence-corrected chi connectivity index (χ3v) is 2.78. The molecule has 0 spiro atoms. The average molecular weight is 244 g/mol. The lowest BCUT2D eigenvalue weighted by Gasteiger charge is -2.13. The van der Waals surface area contributed by atoms with E-state index in [1.807, 2.05) is 32.0 Å². The fraction of sp³-hybridized carbons (Fsp3) is 0.364. The predicted molar refractivity (Wildman–Crippen MR) is 67.6 cm³/mol. The fourth-order valence-electron chi connectivity index (χ4n) is 1.02. The second kappa shape index (κ2) is 5.33. The van der Waals surface area contributed by atoms with E-state index in [4.69, 9.17) is 34.3 Å². The molecule has 0 aliphatic heterocycles. The first-order valence-corrected chi connectivity index (χ1v) is 5.47. The molecule has 0 saturated heterocycles. The molecule has 1 atom stereocenters. The fourth-order valence-corrected chi connectivity index (χ4v) is 1.26. The molecule has 0 heterocycles. The highest BCUT2D eigenvalue weighted by atomic mass is 35.5. The summed E-state index contributed by atoms with van der Waals surface area (Å²) in [4.78, 5) is 0.457.